The fraction of sp³-hybridized carbons (Fsp3) is 1.00. The number of halogens is 1. The maximum Gasteiger partial charge on any atom is 0.0868 e. The van der Waals surface area contributed by atoms with Crippen molar-refractivity contribution in [3.8, 4) is 0 Å². The van der Waals surface area contributed by atoms with Gasteiger partial charge >= 0.3 is 0 Å². The molecule has 0 radical (unpaired) electrons. The zero-order valence-corrected chi connectivity index (χ0v) is 7.45. The molecule has 0 saturated carbocycles. The molecule has 0 amide bonds. The van der Waals surface area contributed by atoms with E-state index in [0.29, 0.717) is 0 Å². The largest absolute Gasteiger partial charge is 0.390 e. The van der Waals surface area contributed by atoms with Gasteiger partial charge in [-0.15, -0.1) is 16.5 Å². The smallest absolute Gasteiger partial charge is 0.0868 e. The summed E-state index contributed by atoms with van der Waals surface area (Å²) < 4.78 is 0. The fourth-order valence-electron chi connectivity index (χ4n) is 0.603. The second kappa shape index (κ2) is 5.32. The van der Waals surface area contributed by atoms with Crippen molar-refractivity contribution >= 4 is 11.6 Å². The molecule has 4 nitrogen and oxygen atoms in total. The Morgan fingerprint density at radius 2 is 2.18 bits per heavy atom. The Morgan fingerprint density at radius 3 is 2.45 bits per heavy atom. The third-order valence-corrected chi connectivity index (χ3v) is 1.63. The summed E-state index contributed by atoms with van der Waals surface area (Å²) in [5, 5.41) is 13.0. The lowest BCUT2D eigenvalue weighted by Gasteiger charge is -2.21. The Kier molecular flexibility index (Phi) is 5.15. The quantitative estimate of drug-likeness (QED) is 0.390. The van der Waals surface area contributed by atoms with Crippen LogP contribution in [0.25, 0.3) is 0 Å². The highest BCUT2D eigenvalue weighted by Crippen LogP contribution is 2.01. The molecule has 0 fully saturated rings. The monoisotopic (exact) mass is 180 g/mol. The number of rotatable bonds is 5. The van der Waals surface area contributed by atoms with Crippen LogP contribution < -0.4 is 0 Å². The highest BCUT2D eigenvalue weighted by atomic mass is 35.5. The van der Waals surface area contributed by atoms with Gasteiger partial charge in [0.15, 0.2) is 0 Å². The normalized spacial score (nSPS) is 13.2. The van der Waals surface area contributed by atoms with Crippen molar-refractivity contribution in [3.05, 3.63) is 4.91 Å². The molecular weight excluding hydrogens is 168 g/mol. The molecule has 1 atom stereocenters. The van der Waals surface area contributed by atoms with Gasteiger partial charge in [-0.25, -0.2) is 0 Å². The van der Waals surface area contributed by atoms with Crippen LogP contribution >= 0.6 is 11.6 Å². The van der Waals surface area contributed by atoms with Crippen LogP contribution in [-0.4, -0.2) is 34.7 Å². The third kappa shape index (κ3) is 4.16. The topological polar surface area (TPSA) is 52.9 Å². The maximum atomic E-state index is 10.1. The van der Waals surface area contributed by atoms with E-state index in [1.54, 1.807) is 0 Å². The lowest BCUT2D eigenvalue weighted by molar-refractivity contribution is 0.111. The number of nitrogens with zero attached hydrogens (tertiary/aromatic N) is 2. The lowest BCUT2D eigenvalue weighted by Crippen LogP contribution is -2.33. The average molecular weight is 181 g/mol. The van der Waals surface area contributed by atoms with Crippen LogP contribution in [0.2, 0.25) is 0 Å². The molecule has 0 aliphatic rings. The van der Waals surface area contributed by atoms with Gasteiger partial charge in [-0.05, 0) is 13.8 Å². The van der Waals surface area contributed by atoms with Gasteiger partial charge in [0.05, 0.1) is 23.8 Å². The maximum absolute atomic E-state index is 10.1. The lowest BCUT2D eigenvalue weighted by atomic mass is 10.3. The number of hydrogen-bond acceptors (Lipinski definition) is 3. The number of alkyl halides is 1. The fourth-order valence-corrected chi connectivity index (χ4v) is 0.701. The molecule has 1 N–H and O–H groups in total. The van der Waals surface area contributed by atoms with Gasteiger partial charge in [-0.3, -0.25) is 5.01 Å². The number of hydrogen-bond donors (Lipinski definition) is 1. The molecule has 0 rings (SSSR count). The van der Waals surface area contributed by atoms with Crippen LogP contribution in [0.15, 0.2) is 5.29 Å². The van der Waals surface area contributed by atoms with Crippen LogP contribution in [0.5, 0.6) is 0 Å². The summed E-state index contributed by atoms with van der Waals surface area (Å²) in [6.07, 6.45) is -0.684. The summed E-state index contributed by atoms with van der Waals surface area (Å²) in [4.78, 5) is 10.1. The van der Waals surface area contributed by atoms with E-state index in [1.165, 1.54) is 5.01 Å². The first-order valence-electron chi connectivity index (χ1n) is 3.45. The summed E-state index contributed by atoms with van der Waals surface area (Å²) >= 11 is 5.34. The molecule has 0 spiro atoms. The predicted octanol–water partition coefficient (Wildman–Crippen LogP) is 0.978. The van der Waals surface area contributed by atoms with Crippen LogP contribution in [0, 0.1) is 4.91 Å². The van der Waals surface area contributed by atoms with Crippen molar-refractivity contribution < 1.29 is 5.11 Å². The number of nitroso groups, excluding NO2 is 1. The van der Waals surface area contributed by atoms with E-state index in [0.717, 1.165) is 0 Å². The van der Waals surface area contributed by atoms with E-state index in [9.17, 15) is 4.91 Å². The predicted molar refractivity (Wildman–Crippen MR) is 44.4 cm³/mol. The second-order valence-corrected chi connectivity index (χ2v) is 2.91. The first-order valence-corrected chi connectivity index (χ1v) is 3.99. The van der Waals surface area contributed by atoms with Gasteiger partial charge in [0.1, 0.15) is 0 Å². The summed E-state index contributed by atoms with van der Waals surface area (Å²) in [7, 11) is 0. The Morgan fingerprint density at radius 1 is 1.64 bits per heavy atom. The van der Waals surface area contributed by atoms with Crippen LogP contribution in [-0.2, 0) is 0 Å². The van der Waals surface area contributed by atoms with Crippen LogP contribution in [0.4, 0.5) is 0 Å². The van der Waals surface area contributed by atoms with Crippen molar-refractivity contribution in [3.63, 3.8) is 0 Å². The van der Waals surface area contributed by atoms with E-state index in [1.807, 2.05) is 13.8 Å². The minimum atomic E-state index is -0.684. The number of aliphatic hydroxyl groups excluding tert-OH is 1. The summed E-state index contributed by atoms with van der Waals surface area (Å²) in [6, 6.07) is 0.00497. The van der Waals surface area contributed by atoms with Crippen molar-refractivity contribution in [2.75, 3.05) is 12.4 Å². The van der Waals surface area contributed by atoms with E-state index in [2.05, 4.69) is 5.29 Å². The molecule has 0 aliphatic carbocycles. The van der Waals surface area contributed by atoms with Crippen molar-refractivity contribution in [2.24, 2.45) is 5.29 Å². The van der Waals surface area contributed by atoms with Gasteiger partial charge in [0, 0.05) is 6.04 Å². The molecule has 0 heterocycles. The van der Waals surface area contributed by atoms with Gasteiger partial charge in [-0.1, -0.05) is 0 Å². The standard InChI is InChI=1S/C6H13ClN2O2/c1-5(2)9(8-11)4-6(10)3-7/h5-6,10H,3-4H2,1-2H3. The zero-order valence-electron chi connectivity index (χ0n) is 6.70. The van der Waals surface area contributed by atoms with E-state index >= 15 is 0 Å². The van der Waals surface area contributed by atoms with Crippen LogP contribution in [0.1, 0.15) is 13.8 Å². The van der Waals surface area contributed by atoms with E-state index in [4.69, 9.17) is 16.7 Å². The Hall–Kier alpha value is -0.350. The van der Waals surface area contributed by atoms with Crippen molar-refractivity contribution in [2.45, 2.75) is 26.0 Å². The van der Waals surface area contributed by atoms with Gasteiger partial charge < -0.3 is 5.11 Å². The molecule has 0 aromatic heterocycles. The molecule has 1 unspecified atom stereocenters. The molecule has 0 aromatic rings. The van der Waals surface area contributed by atoms with Gasteiger partial charge in [0.25, 0.3) is 0 Å². The Bertz CT molecular complexity index is 121. The third-order valence-electron chi connectivity index (χ3n) is 1.28. The molecule has 0 bridgehead atoms. The first kappa shape index (κ1) is 10.7. The summed E-state index contributed by atoms with van der Waals surface area (Å²) in [5.74, 6) is 0.124. The van der Waals surface area contributed by atoms with Gasteiger partial charge in [-0.2, -0.15) is 0 Å². The average Bonchev–Trinajstić information content (AvgIpc) is 1.99. The molecule has 11 heavy (non-hydrogen) atoms. The second-order valence-electron chi connectivity index (χ2n) is 2.61. The molecule has 0 aliphatic heterocycles. The van der Waals surface area contributed by atoms with Gasteiger partial charge in [0.2, 0.25) is 0 Å². The highest BCUT2D eigenvalue weighted by molar-refractivity contribution is 6.18. The highest BCUT2D eigenvalue weighted by Gasteiger charge is 2.12. The Labute approximate surface area is 71.1 Å². The van der Waals surface area contributed by atoms with Crippen LogP contribution in [0.3, 0.4) is 0 Å². The van der Waals surface area contributed by atoms with Crippen molar-refractivity contribution in [1.82, 2.24) is 5.01 Å². The first-order chi connectivity index (χ1) is 5.11. The van der Waals surface area contributed by atoms with Crippen molar-refractivity contribution in [1.29, 1.82) is 0 Å². The molecule has 0 aromatic carbocycles. The molecule has 0 saturated heterocycles. The molecule has 66 valence electrons. The SMILES string of the molecule is CC(C)N(CC(O)CCl)N=O. The summed E-state index contributed by atoms with van der Waals surface area (Å²) in [6.45, 7) is 3.84. The Balaban J connectivity index is 3.77. The minimum Gasteiger partial charge on any atom is -0.390 e. The summed E-state index contributed by atoms with van der Waals surface area (Å²) in [5.41, 5.74) is 0. The molecule has 5 heteroatoms. The van der Waals surface area contributed by atoms with E-state index < -0.39 is 6.10 Å². The van der Waals surface area contributed by atoms with E-state index in [-0.39, 0.29) is 18.5 Å². The number of aliphatic hydroxyl groups is 1. The molecular formula is C6H13ClN2O2. The minimum absolute atomic E-state index is 0.00497. The zero-order chi connectivity index (χ0) is 8.85.